The minimum atomic E-state index is -0.640. The first kappa shape index (κ1) is 16.0. The van der Waals surface area contributed by atoms with E-state index in [0.29, 0.717) is 16.9 Å². The van der Waals surface area contributed by atoms with Crippen molar-refractivity contribution in [2.24, 2.45) is 0 Å². The number of aryl methyl sites for hydroxylation is 2. The summed E-state index contributed by atoms with van der Waals surface area (Å²) in [5.41, 5.74) is 2.49. The molecular formula is C19H15N3O4. The fraction of sp³-hybridized carbons (Fsp3) is 0.158. The van der Waals surface area contributed by atoms with Crippen LogP contribution in [-0.4, -0.2) is 33.0 Å². The molecule has 0 atom stereocenters. The maximum absolute atomic E-state index is 12.5. The van der Waals surface area contributed by atoms with Gasteiger partial charge in [0.25, 0.3) is 0 Å². The highest BCUT2D eigenvalue weighted by molar-refractivity contribution is 6.03. The number of furan rings is 1. The smallest absolute Gasteiger partial charge is 0.344 e. The third-order valence-electron chi connectivity index (χ3n) is 4.21. The molecule has 0 saturated heterocycles. The topological polar surface area (TPSA) is 86.7 Å². The van der Waals surface area contributed by atoms with Crippen LogP contribution >= 0.6 is 0 Å². The number of ketones is 1. The standard InChI is InChI=1S/C19H15N3O4/c1-11-13-6-3-4-7-15(13)26-17(11)14(23)10-25-19(24)16-12(2)21-22-9-5-8-20-18(16)22/h3-9H,10H2,1-2H3. The van der Waals surface area contributed by atoms with Gasteiger partial charge in [0, 0.05) is 23.3 Å². The van der Waals surface area contributed by atoms with E-state index >= 15 is 0 Å². The first-order valence-electron chi connectivity index (χ1n) is 8.04. The highest BCUT2D eigenvalue weighted by atomic mass is 16.5. The molecule has 0 unspecified atom stereocenters. The number of para-hydroxylation sites is 1. The molecule has 3 aromatic heterocycles. The fourth-order valence-electron chi connectivity index (χ4n) is 2.94. The average Bonchev–Trinajstić information content (AvgIpc) is 3.16. The number of rotatable bonds is 4. The molecule has 0 N–H and O–H groups in total. The normalized spacial score (nSPS) is 11.2. The van der Waals surface area contributed by atoms with Gasteiger partial charge in [-0.25, -0.2) is 14.3 Å². The van der Waals surface area contributed by atoms with E-state index in [-0.39, 0.29) is 11.3 Å². The van der Waals surface area contributed by atoms with Crippen molar-refractivity contribution in [3.05, 3.63) is 65.3 Å². The van der Waals surface area contributed by atoms with Crippen molar-refractivity contribution in [1.82, 2.24) is 14.6 Å². The monoisotopic (exact) mass is 349 g/mol. The van der Waals surface area contributed by atoms with Crippen LogP contribution < -0.4 is 0 Å². The molecule has 0 amide bonds. The minimum absolute atomic E-state index is 0.203. The molecule has 4 aromatic rings. The highest BCUT2D eigenvalue weighted by Gasteiger charge is 2.23. The summed E-state index contributed by atoms with van der Waals surface area (Å²) in [6.07, 6.45) is 3.26. The van der Waals surface area contributed by atoms with Gasteiger partial charge in [0.2, 0.25) is 5.78 Å². The Balaban J connectivity index is 1.56. The Bertz CT molecular complexity index is 1160. The predicted octanol–water partition coefficient (Wildman–Crippen LogP) is 3.13. The number of hydrogen-bond acceptors (Lipinski definition) is 6. The molecular weight excluding hydrogens is 334 g/mol. The summed E-state index contributed by atoms with van der Waals surface area (Å²) in [4.78, 5) is 29.0. The van der Waals surface area contributed by atoms with Crippen molar-refractivity contribution >= 4 is 28.4 Å². The Hall–Kier alpha value is -3.48. The average molecular weight is 349 g/mol. The van der Waals surface area contributed by atoms with Gasteiger partial charge >= 0.3 is 5.97 Å². The third kappa shape index (κ3) is 2.54. The molecule has 1 aromatic carbocycles. The molecule has 4 rings (SSSR count). The first-order valence-corrected chi connectivity index (χ1v) is 8.04. The molecule has 7 nitrogen and oxygen atoms in total. The molecule has 0 saturated carbocycles. The number of aromatic nitrogens is 3. The number of carbonyl (C=O) groups is 2. The van der Waals surface area contributed by atoms with E-state index in [9.17, 15) is 9.59 Å². The van der Waals surface area contributed by atoms with Crippen LogP contribution in [0.4, 0.5) is 0 Å². The lowest BCUT2D eigenvalue weighted by Crippen LogP contribution is -2.15. The molecule has 0 aliphatic heterocycles. The Labute approximate surface area is 148 Å². The minimum Gasteiger partial charge on any atom is -0.453 e. The molecule has 3 heterocycles. The van der Waals surface area contributed by atoms with Gasteiger partial charge in [-0.3, -0.25) is 4.79 Å². The number of fused-ring (bicyclic) bond motifs is 2. The number of carbonyl (C=O) groups excluding carboxylic acids is 2. The van der Waals surface area contributed by atoms with E-state index in [1.807, 2.05) is 18.2 Å². The fourth-order valence-corrected chi connectivity index (χ4v) is 2.94. The van der Waals surface area contributed by atoms with Gasteiger partial charge in [-0.15, -0.1) is 0 Å². The molecule has 0 aliphatic rings. The van der Waals surface area contributed by atoms with Crippen LogP contribution in [-0.2, 0) is 4.74 Å². The summed E-state index contributed by atoms with van der Waals surface area (Å²) in [5.74, 6) is -0.832. The third-order valence-corrected chi connectivity index (χ3v) is 4.21. The van der Waals surface area contributed by atoms with Gasteiger partial charge in [-0.2, -0.15) is 5.10 Å². The lowest BCUT2D eigenvalue weighted by molar-refractivity contribution is 0.0469. The van der Waals surface area contributed by atoms with Crippen molar-refractivity contribution in [3.63, 3.8) is 0 Å². The second-order valence-corrected chi connectivity index (χ2v) is 5.90. The zero-order valence-electron chi connectivity index (χ0n) is 14.2. The largest absolute Gasteiger partial charge is 0.453 e. The quantitative estimate of drug-likeness (QED) is 0.415. The number of hydrogen-bond donors (Lipinski definition) is 0. The number of benzene rings is 1. The van der Waals surface area contributed by atoms with Gasteiger partial charge in [0.15, 0.2) is 18.0 Å². The van der Waals surface area contributed by atoms with Crippen LogP contribution in [0.1, 0.15) is 32.2 Å². The lowest BCUT2D eigenvalue weighted by atomic mass is 10.1. The zero-order chi connectivity index (χ0) is 18.3. The van der Waals surface area contributed by atoms with Gasteiger partial charge in [0.1, 0.15) is 11.1 Å². The predicted molar refractivity (Wildman–Crippen MR) is 93.3 cm³/mol. The number of Topliss-reactive ketones (excluding diaryl/α,β-unsaturated/α-hetero) is 1. The van der Waals surface area contributed by atoms with E-state index in [1.165, 1.54) is 4.52 Å². The van der Waals surface area contributed by atoms with Gasteiger partial charge < -0.3 is 9.15 Å². The van der Waals surface area contributed by atoms with Gasteiger partial charge in [-0.1, -0.05) is 18.2 Å². The second kappa shape index (κ2) is 6.11. The van der Waals surface area contributed by atoms with Crippen molar-refractivity contribution in [1.29, 1.82) is 0 Å². The molecule has 0 radical (unpaired) electrons. The van der Waals surface area contributed by atoms with E-state index in [0.717, 1.165) is 10.9 Å². The summed E-state index contributed by atoms with van der Waals surface area (Å²) in [6.45, 7) is 3.08. The van der Waals surface area contributed by atoms with Crippen LogP contribution in [0.25, 0.3) is 16.6 Å². The maximum atomic E-state index is 12.5. The Kier molecular flexibility index (Phi) is 3.76. The van der Waals surface area contributed by atoms with Crippen LogP contribution in [0.5, 0.6) is 0 Å². The highest BCUT2D eigenvalue weighted by Crippen LogP contribution is 2.25. The van der Waals surface area contributed by atoms with E-state index in [2.05, 4.69) is 10.1 Å². The van der Waals surface area contributed by atoms with Crippen LogP contribution in [0, 0.1) is 13.8 Å². The molecule has 130 valence electrons. The van der Waals surface area contributed by atoms with E-state index in [4.69, 9.17) is 9.15 Å². The summed E-state index contributed by atoms with van der Waals surface area (Å²) >= 11 is 0. The number of nitrogens with zero attached hydrogens (tertiary/aromatic N) is 3. The first-order chi connectivity index (χ1) is 12.6. The number of esters is 1. The number of ether oxygens (including phenoxy) is 1. The van der Waals surface area contributed by atoms with Crippen molar-refractivity contribution in [3.8, 4) is 0 Å². The zero-order valence-corrected chi connectivity index (χ0v) is 14.2. The lowest BCUT2D eigenvalue weighted by Gasteiger charge is -2.03. The summed E-state index contributed by atoms with van der Waals surface area (Å²) in [7, 11) is 0. The van der Waals surface area contributed by atoms with Crippen molar-refractivity contribution < 1.29 is 18.7 Å². The van der Waals surface area contributed by atoms with E-state index < -0.39 is 18.4 Å². The van der Waals surface area contributed by atoms with Crippen LogP contribution in [0.3, 0.4) is 0 Å². The SMILES string of the molecule is Cc1nn2cccnc2c1C(=O)OCC(=O)c1oc2ccccc2c1C. The van der Waals surface area contributed by atoms with Crippen molar-refractivity contribution in [2.75, 3.05) is 6.61 Å². The summed E-state index contributed by atoms with van der Waals surface area (Å²) in [6, 6.07) is 9.09. The molecule has 0 fully saturated rings. The van der Waals surface area contributed by atoms with Crippen LogP contribution in [0.2, 0.25) is 0 Å². The Morgan fingerprint density at radius 3 is 2.81 bits per heavy atom. The Morgan fingerprint density at radius 1 is 1.19 bits per heavy atom. The summed E-state index contributed by atoms with van der Waals surface area (Å²) < 4.78 is 12.3. The van der Waals surface area contributed by atoms with Crippen LogP contribution in [0.15, 0.2) is 47.1 Å². The van der Waals surface area contributed by atoms with Gasteiger partial charge in [0.05, 0.1) is 5.69 Å². The van der Waals surface area contributed by atoms with Crippen molar-refractivity contribution in [2.45, 2.75) is 13.8 Å². The molecule has 0 aliphatic carbocycles. The summed E-state index contributed by atoms with van der Waals surface area (Å²) in [5, 5.41) is 5.08. The molecule has 7 heteroatoms. The molecule has 26 heavy (non-hydrogen) atoms. The van der Waals surface area contributed by atoms with E-state index in [1.54, 1.807) is 38.4 Å². The van der Waals surface area contributed by atoms with Gasteiger partial charge in [-0.05, 0) is 26.0 Å². The molecule has 0 bridgehead atoms. The maximum Gasteiger partial charge on any atom is 0.344 e. The molecule has 0 spiro atoms. The Morgan fingerprint density at radius 2 is 2.00 bits per heavy atom. The second-order valence-electron chi connectivity index (χ2n) is 5.90.